The van der Waals surface area contributed by atoms with E-state index in [9.17, 15) is 4.79 Å². The van der Waals surface area contributed by atoms with Gasteiger partial charge in [0.25, 0.3) is 0 Å². The highest BCUT2D eigenvalue weighted by Gasteiger charge is 2.30. The minimum atomic E-state index is 0.0105. The van der Waals surface area contributed by atoms with Gasteiger partial charge in [0.05, 0.1) is 0 Å². The normalized spacial score (nSPS) is 13.4. The summed E-state index contributed by atoms with van der Waals surface area (Å²) in [6.07, 6.45) is 3.75. The maximum atomic E-state index is 12.0. The number of carbonyl (C=O) groups is 1. The van der Waals surface area contributed by atoms with Crippen LogP contribution in [-0.4, -0.2) is 20.5 Å². The molecule has 1 aliphatic rings. The minimum Gasteiger partial charge on any atom is -0.381 e. The molecule has 1 aliphatic carbocycles. The third-order valence-electron chi connectivity index (χ3n) is 5.08. The molecule has 5 rings (SSSR count). The summed E-state index contributed by atoms with van der Waals surface area (Å²) >= 11 is 0. The van der Waals surface area contributed by atoms with Gasteiger partial charge in [-0.15, -0.1) is 5.10 Å². The van der Waals surface area contributed by atoms with Crippen LogP contribution < -0.4 is 10.6 Å². The molecule has 2 heterocycles. The summed E-state index contributed by atoms with van der Waals surface area (Å²) in [6.45, 7) is 0.782. The standard InChI is InChI=1S/C23H21N5O/c29-22(18-8-9-18)26-23-25-21-20(7-4-14-28(21)27-23)17-10-12-19(13-11-17)24-15-16-5-2-1-3-6-16/h1-7,10-14,18,24H,8-9,15H2,(H,26,27,29). The van der Waals surface area contributed by atoms with Gasteiger partial charge in [-0.3, -0.25) is 10.1 Å². The van der Waals surface area contributed by atoms with Crippen molar-refractivity contribution in [2.75, 3.05) is 10.6 Å². The van der Waals surface area contributed by atoms with Crippen LogP contribution in [0.5, 0.6) is 0 Å². The second-order valence-electron chi connectivity index (χ2n) is 7.31. The summed E-state index contributed by atoms with van der Waals surface area (Å²) < 4.78 is 1.71. The van der Waals surface area contributed by atoms with Gasteiger partial charge in [0, 0.05) is 29.9 Å². The number of carbonyl (C=O) groups excluding carboxylic acids is 1. The number of fused-ring (bicyclic) bond motifs is 1. The van der Waals surface area contributed by atoms with E-state index < -0.39 is 0 Å². The minimum absolute atomic E-state index is 0.0105. The predicted octanol–water partition coefficient (Wildman–Crippen LogP) is 4.36. The number of amides is 1. The van der Waals surface area contributed by atoms with Crippen molar-refractivity contribution in [3.63, 3.8) is 0 Å². The van der Waals surface area contributed by atoms with Crippen LogP contribution in [0.15, 0.2) is 72.9 Å². The number of pyridine rings is 1. The first-order valence-electron chi connectivity index (χ1n) is 9.81. The number of nitrogens with one attached hydrogen (secondary N) is 2. The Bertz CT molecular complexity index is 1150. The molecule has 4 aromatic rings. The van der Waals surface area contributed by atoms with Gasteiger partial charge in [-0.05, 0) is 48.2 Å². The van der Waals surface area contributed by atoms with E-state index in [-0.39, 0.29) is 11.8 Å². The van der Waals surface area contributed by atoms with Crippen LogP contribution in [0, 0.1) is 5.92 Å². The molecule has 0 spiro atoms. The van der Waals surface area contributed by atoms with Crippen LogP contribution in [0.4, 0.5) is 11.6 Å². The van der Waals surface area contributed by atoms with Gasteiger partial charge in [-0.25, -0.2) is 4.52 Å². The summed E-state index contributed by atoms with van der Waals surface area (Å²) in [5.41, 5.74) is 5.05. The van der Waals surface area contributed by atoms with Crippen LogP contribution in [0.25, 0.3) is 16.8 Å². The monoisotopic (exact) mass is 383 g/mol. The number of hydrogen-bond acceptors (Lipinski definition) is 4. The van der Waals surface area contributed by atoms with E-state index in [0.717, 1.165) is 41.8 Å². The Labute approximate surface area is 168 Å². The van der Waals surface area contributed by atoms with E-state index in [4.69, 9.17) is 0 Å². The lowest BCUT2D eigenvalue weighted by Crippen LogP contribution is -2.14. The lowest BCUT2D eigenvalue weighted by molar-refractivity contribution is -0.117. The highest BCUT2D eigenvalue weighted by molar-refractivity contribution is 5.93. The molecule has 6 nitrogen and oxygen atoms in total. The molecular weight excluding hydrogens is 362 g/mol. The van der Waals surface area contributed by atoms with Crippen LogP contribution in [-0.2, 0) is 11.3 Å². The number of aromatic nitrogens is 3. The van der Waals surface area contributed by atoms with Crippen molar-refractivity contribution in [3.8, 4) is 11.1 Å². The fraction of sp³-hybridized carbons (Fsp3) is 0.174. The lowest BCUT2D eigenvalue weighted by Gasteiger charge is -2.08. The molecule has 2 aromatic carbocycles. The number of nitrogens with zero attached hydrogens (tertiary/aromatic N) is 3. The zero-order chi connectivity index (χ0) is 19.6. The molecule has 0 unspecified atom stereocenters. The molecule has 29 heavy (non-hydrogen) atoms. The largest absolute Gasteiger partial charge is 0.381 e. The van der Waals surface area contributed by atoms with Gasteiger partial charge in [0.15, 0.2) is 5.65 Å². The van der Waals surface area contributed by atoms with E-state index >= 15 is 0 Å². The lowest BCUT2D eigenvalue weighted by atomic mass is 10.1. The van der Waals surface area contributed by atoms with Crippen molar-refractivity contribution in [2.24, 2.45) is 5.92 Å². The van der Waals surface area contributed by atoms with Gasteiger partial charge < -0.3 is 5.32 Å². The summed E-state index contributed by atoms with van der Waals surface area (Å²) in [7, 11) is 0. The number of anilines is 2. The van der Waals surface area contributed by atoms with Gasteiger partial charge in [-0.1, -0.05) is 42.5 Å². The molecule has 144 valence electrons. The molecule has 0 atom stereocenters. The predicted molar refractivity (Wildman–Crippen MR) is 114 cm³/mol. The molecule has 2 aromatic heterocycles. The third-order valence-corrected chi connectivity index (χ3v) is 5.08. The summed E-state index contributed by atoms with van der Waals surface area (Å²) in [6, 6.07) is 22.5. The summed E-state index contributed by atoms with van der Waals surface area (Å²) in [5.74, 6) is 0.490. The Kier molecular flexibility index (Phi) is 4.44. The Morgan fingerprint density at radius 3 is 2.55 bits per heavy atom. The molecule has 0 saturated heterocycles. The van der Waals surface area contributed by atoms with Crippen molar-refractivity contribution < 1.29 is 4.79 Å². The quantitative estimate of drug-likeness (QED) is 0.519. The van der Waals surface area contributed by atoms with Gasteiger partial charge in [0.2, 0.25) is 11.9 Å². The fourth-order valence-corrected chi connectivity index (χ4v) is 3.31. The molecule has 0 bridgehead atoms. The van der Waals surface area contributed by atoms with E-state index in [1.54, 1.807) is 4.52 Å². The molecule has 1 fully saturated rings. The topological polar surface area (TPSA) is 71.3 Å². The van der Waals surface area contributed by atoms with Crippen molar-refractivity contribution in [2.45, 2.75) is 19.4 Å². The first-order chi connectivity index (χ1) is 14.3. The van der Waals surface area contributed by atoms with Crippen molar-refractivity contribution in [1.29, 1.82) is 0 Å². The van der Waals surface area contributed by atoms with Gasteiger partial charge >= 0.3 is 0 Å². The first-order valence-corrected chi connectivity index (χ1v) is 9.81. The fourth-order valence-electron chi connectivity index (χ4n) is 3.31. The van der Waals surface area contributed by atoms with Gasteiger partial charge in [0.1, 0.15) is 0 Å². The number of rotatable bonds is 6. The Balaban J connectivity index is 1.35. The molecule has 2 N–H and O–H groups in total. The average Bonchev–Trinajstić information content (AvgIpc) is 3.53. The van der Waals surface area contributed by atoms with Crippen molar-refractivity contribution in [3.05, 3.63) is 78.5 Å². The van der Waals surface area contributed by atoms with Crippen LogP contribution in [0.1, 0.15) is 18.4 Å². The average molecular weight is 383 g/mol. The van der Waals surface area contributed by atoms with Crippen LogP contribution >= 0.6 is 0 Å². The molecule has 0 radical (unpaired) electrons. The van der Waals surface area contributed by atoms with E-state index in [1.807, 2.05) is 36.5 Å². The molecule has 1 saturated carbocycles. The third kappa shape index (κ3) is 3.82. The second kappa shape index (κ2) is 7.39. The summed E-state index contributed by atoms with van der Waals surface area (Å²) in [5, 5.41) is 10.7. The Morgan fingerprint density at radius 1 is 1.00 bits per heavy atom. The first kappa shape index (κ1) is 17.4. The number of hydrogen-bond donors (Lipinski definition) is 2. The molecule has 6 heteroatoms. The van der Waals surface area contributed by atoms with Crippen LogP contribution in [0.3, 0.4) is 0 Å². The maximum absolute atomic E-state index is 12.0. The van der Waals surface area contributed by atoms with Crippen molar-refractivity contribution >= 4 is 23.2 Å². The molecule has 0 aliphatic heterocycles. The molecule has 1 amide bonds. The zero-order valence-electron chi connectivity index (χ0n) is 15.9. The highest BCUT2D eigenvalue weighted by atomic mass is 16.2. The van der Waals surface area contributed by atoms with E-state index in [1.165, 1.54) is 5.56 Å². The van der Waals surface area contributed by atoms with Gasteiger partial charge in [-0.2, -0.15) is 4.98 Å². The maximum Gasteiger partial charge on any atom is 0.249 e. The summed E-state index contributed by atoms with van der Waals surface area (Å²) in [4.78, 5) is 16.5. The second-order valence-corrected chi connectivity index (χ2v) is 7.31. The highest BCUT2D eigenvalue weighted by Crippen LogP contribution is 2.30. The van der Waals surface area contributed by atoms with E-state index in [2.05, 4.69) is 57.1 Å². The van der Waals surface area contributed by atoms with Crippen LogP contribution in [0.2, 0.25) is 0 Å². The Morgan fingerprint density at radius 2 is 1.79 bits per heavy atom. The van der Waals surface area contributed by atoms with E-state index in [0.29, 0.717) is 5.95 Å². The van der Waals surface area contributed by atoms with Crippen molar-refractivity contribution in [1.82, 2.24) is 14.6 Å². The molecular formula is C23H21N5O. The SMILES string of the molecule is O=C(Nc1nc2c(-c3ccc(NCc4ccccc4)cc3)cccn2n1)C1CC1. The smallest absolute Gasteiger partial charge is 0.249 e. The number of benzene rings is 2. The zero-order valence-corrected chi connectivity index (χ0v) is 15.9. The Hall–Kier alpha value is -3.67.